The van der Waals surface area contributed by atoms with Crippen molar-refractivity contribution in [3.8, 4) is 5.75 Å². The zero-order valence-corrected chi connectivity index (χ0v) is 12.5. The first-order chi connectivity index (χ1) is 10.2. The number of ether oxygens (including phenoxy) is 1. The van der Waals surface area contributed by atoms with Crippen LogP contribution in [0.25, 0.3) is 0 Å². The fourth-order valence-corrected chi connectivity index (χ4v) is 3.46. The summed E-state index contributed by atoms with van der Waals surface area (Å²) < 4.78 is 5.22. The lowest BCUT2D eigenvalue weighted by molar-refractivity contribution is -0.134. The molecule has 0 aromatic heterocycles. The molecule has 3 atom stereocenters. The van der Waals surface area contributed by atoms with Crippen LogP contribution in [0.1, 0.15) is 30.7 Å². The van der Waals surface area contributed by atoms with Gasteiger partial charge < -0.3 is 14.7 Å². The zero-order chi connectivity index (χ0) is 14.8. The number of methoxy groups -OCH3 is 1. The smallest absolute Gasteiger partial charge is 0.226 e. The molecule has 0 bridgehead atoms. The quantitative estimate of drug-likeness (QED) is 0.926. The average molecular weight is 289 g/mol. The number of phenolic OH excluding ortho intramolecular Hbond substituents is 1. The van der Waals surface area contributed by atoms with E-state index in [1.54, 1.807) is 19.2 Å². The van der Waals surface area contributed by atoms with Gasteiger partial charge in [0, 0.05) is 26.1 Å². The van der Waals surface area contributed by atoms with Gasteiger partial charge in [0.2, 0.25) is 5.91 Å². The second kappa shape index (κ2) is 6.06. The summed E-state index contributed by atoms with van der Waals surface area (Å²) in [4.78, 5) is 14.6. The van der Waals surface area contributed by atoms with Crippen molar-refractivity contribution in [2.75, 3.05) is 26.8 Å². The number of phenols is 1. The second-order valence-corrected chi connectivity index (χ2v) is 6.29. The van der Waals surface area contributed by atoms with Crippen molar-refractivity contribution < 1.29 is 14.6 Å². The number of aromatic hydroxyl groups is 1. The van der Waals surface area contributed by atoms with Gasteiger partial charge in [0.25, 0.3) is 0 Å². The van der Waals surface area contributed by atoms with Crippen LogP contribution in [-0.2, 0) is 9.53 Å². The molecular weight excluding hydrogens is 266 g/mol. The normalized spacial score (nSPS) is 28.4. The molecule has 1 aliphatic heterocycles. The van der Waals surface area contributed by atoms with Crippen LogP contribution in [0.15, 0.2) is 24.3 Å². The molecule has 1 saturated heterocycles. The maximum atomic E-state index is 12.6. The summed E-state index contributed by atoms with van der Waals surface area (Å²) in [6.07, 6.45) is 3.13. The third-order valence-electron chi connectivity index (χ3n) is 4.64. The zero-order valence-electron chi connectivity index (χ0n) is 12.5. The molecule has 1 heterocycles. The molecule has 1 aromatic carbocycles. The Bertz CT molecular complexity index is 515. The minimum absolute atomic E-state index is 0.105. The summed E-state index contributed by atoms with van der Waals surface area (Å²) in [6.45, 7) is 2.45. The highest BCUT2D eigenvalue weighted by Gasteiger charge is 2.46. The Morgan fingerprint density at radius 1 is 1.48 bits per heavy atom. The van der Waals surface area contributed by atoms with Crippen molar-refractivity contribution in [1.82, 2.24) is 4.90 Å². The Balaban J connectivity index is 1.59. The lowest BCUT2D eigenvalue weighted by Crippen LogP contribution is -2.42. The molecule has 2 fully saturated rings. The first-order valence-electron chi connectivity index (χ1n) is 7.75. The van der Waals surface area contributed by atoms with E-state index in [2.05, 4.69) is 0 Å². The number of piperidine rings is 1. The van der Waals surface area contributed by atoms with Crippen molar-refractivity contribution in [2.45, 2.75) is 25.2 Å². The molecule has 114 valence electrons. The SMILES string of the molecule is COC[C@@H]1CCCN(C(=O)[C@@H]2C[C@H]2c2cccc(O)c2)C1. The van der Waals surface area contributed by atoms with E-state index in [1.807, 2.05) is 17.0 Å². The van der Waals surface area contributed by atoms with Gasteiger partial charge in [-0.25, -0.2) is 0 Å². The van der Waals surface area contributed by atoms with Crippen molar-refractivity contribution in [1.29, 1.82) is 0 Å². The molecule has 4 heteroatoms. The molecule has 1 amide bonds. The highest BCUT2D eigenvalue weighted by atomic mass is 16.5. The van der Waals surface area contributed by atoms with Crippen LogP contribution in [0, 0.1) is 11.8 Å². The van der Waals surface area contributed by atoms with Gasteiger partial charge in [-0.1, -0.05) is 12.1 Å². The second-order valence-electron chi connectivity index (χ2n) is 6.29. The van der Waals surface area contributed by atoms with Gasteiger partial charge in [0.1, 0.15) is 5.75 Å². The van der Waals surface area contributed by atoms with E-state index >= 15 is 0 Å². The van der Waals surface area contributed by atoms with Gasteiger partial charge >= 0.3 is 0 Å². The number of rotatable bonds is 4. The van der Waals surface area contributed by atoms with Gasteiger partial charge in [-0.15, -0.1) is 0 Å². The lowest BCUT2D eigenvalue weighted by Gasteiger charge is -2.32. The van der Waals surface area contributed by atoms with Crippen molar-refractivity contribution in [3.05, 3.63) is 29.8 Å². The first-order valence-corrected chi connectivity index (χ1v) is 7.75. The fraction of sp³-hybridized carbons (Fsp3) is 0.588. The van der Waals surface area contributed by atoms with Crippen molar-refractivity contribution in [2.24, 2.45) is 11.8 Å². The highest BCUT2D eigenvalue weighted by molar-refractivity contribution is 5.83. The molecule has 1 aromatic rings. The van der Waals surface area contributed by atoms with Crippen LogP contribution < -0.4 is 0 Å². The monoisotopic (exact) mass is 289 g/mol. The Hall–Kier alpha value is -1.55. The fourth-order valence-electron chi connectivity index (χ4n) is 3.46. The van der Waals surface area contributed by atoms with Crippen LogP contribution in [0.5, 0.6) is 5.75 Å². The number of likely N-dealkylation sites (tertiary alicyclic amines) is 1. The Morgan fingerprint density at radius 2 is 2.33 bits per heavy atom. The van der Waals surface area contributed by atoms with Gasteiger partial charge in [-0.2, -0.15) is 0 Å². The van der Waals surface area contributed by atoms with Crippen LogP contribution in [-0.4, -0.2) is 42.7 Å². The predicted molar refractivity (Wildman–Crippen MR) is 80.1 cm³/mol. The molecule has 1 aliphatic carbocycles. The number of benzene rings is 1. The summed E-state index contributed by atoms with van der Waals surface area (Å²) >= 11 is 0. The van der Waals surface area contributed by atoms with Crippen LogP contribution in [0.2, 0.25) is 0 Å². The number of carbonyl (C=O) groups is 1. The summed E-state index contributed by atoms with van der Waals surface area (Å²) in [5.74, 6) is 1.43. The Morgan fingerprint density at radius 3 is 3.10 bits per heavy atom. The van der Waals surface area contributed by atoms with Crippen LogP contribution >= 0.6 is 0 Å². The number of nitrogens with zero attached hydrogens (tertiary/aromatic N) is 1. The molecule has 0 spiro atoms. The molecule has 3 rings (SSSR count). The summed E-state index contributed by atoms with van der Waals surface area (Å²) in [5.41, 5.74) is 1.08. The maximum absolute atomic E-state index is 12.6. The van der Waals surface area contributed by atoms with Crippen LogP contribution in [0.4, 0.5) is 0 Å². The van der Waals surface area contributed by atoms with E-state index in [0.29, 0.717) is 5.92 Å². The topological polar surface area (TPSA) is 49.8 Å². The molecule has 2 aliphatic rings. The van der Waals surface area contributed by atoms with E-state index in [-0.39, 0.29) is 23.5 Å². The van der Waals surface area contributed by atoms with Gasteiger partial charge in [-0.3, -0.25) is 4.79 Å². The van der Waals surface area contributed by atoms with Crippen molar-refractivity contribution >= 4 is 5.91 Å². The molecule has 1 N–H and O–H groups in total. The summed E-state index contributed by atoms with van der Waals surface area (Å²) in [7, 11) is 1.72. The number of hydrogen-bond donors (Lipinski definition) is 1. The van der Waals surface area contributed by atoms with Gasteiger partial charge in [0.15, 0.2) is 0 Å². The van der Waals surface area contributed by atoms with E-state index in [0.717, 1.165) is 44.5 Å². The number of carbonyl (C=O) groups excluding carboxylic acids is 1. The molecule has 1 saturated carbocycles. The van der Waals surface area contributed by atoms with Gasteiger partial charge in [0.05, 0.1) is 6.61 Å². The Kier molecular flexibility index (Phi) is 4.15. The standard InChI is InChI=1S/C17H23NO3/c1-21-11-12-4-3-7-18(10-12)17(20)16-9-15(16)13-5-2-6-14(19)8-13/h2,5-6,8,12,15-16,19H,3-4,7,9-11H2,1H3/t12-,15+,16-/m1/s1. The summed E-state index contributed by atoms with van der Waals surface area (Å²) in [5, 5.41) is 9.55. The third-order valence-corrected chi connectivity index (χ3v) is 4.64. The first kappa shape index (κ1) is 14.4. The Labute approximate surface area is 125 Å². The molecular formula is C17H23NO3. The largest absolute Gasteiger partial charge is 0.508 e. The molecule has 4 nitrogen and oxygen atoms in total. The minimum Gasteiger partial charge on any atom is -0.508 e. The van der Waals surface area contributed by atoms with E-state index < -0.39 is 0 Å². The van der Waals surface area contributed by atoms with E-state index in [1.165, 1.54) is 0 Å². The lowest BCUT2D eigenvalue weighted by atomic mass is 9.98. The van der Waals surface area contributed by atoms with Crippen molar-refractivity contribution in [3.63, 3.8) is 0 Å². The minimum atomic E-state index is 0.105. The average Bonchev–Trinajstić information content (AvgIpc) is 3.28. The van der Waals surface area contributed by atoms with E-state index in [4.69, 9.17) is 4.74 Å². The third kappa shape index (κ3) is 3.21. The predicted octanol–water partition coefficient (Wildman–Crippen LogP) is 2.38. The van der Waals surface area contributed by atoms with E-state index in [9.17, 15) is 9.90 Å². The van der Waals surface area contributed by atoms with Gasteiger partial charge in [-0.05, 0) is 48.8 Å². The van der Waals surface area contributed by atoms with Crippen LogP contribution in [0.3, 0.4) is 0 Å². The maximum Gasteiger partial charge on any atom is 0.226 e. The molecule has 0 unspecified atom stereocenters. The number of amides is 1. The summed E-state index contributed by atoms with van der Waals surface area (Å²) in [6, 6.07) is 7.30. The molecule has 0 radical (unpaired) electrons. The number of hydrogen-bond acceptors (Lipinski definition) is 3. The highest BCUT2D eigenvalue weighted by Crippen LogP contribution is 2.49. The molecule has 21 heavy (non-hydrogen) atoms.